The summed E-state index contributed by atoms with van der Waals surface area (Å²) in [6.07, 6.45) is 1.41. The van der Waals surface area contributed by atoms with Crippen LogP contribution in [0.4, 0.5) is 0 Å². The predicted octanol–water partition coefficient (Wildman–Crippen LogP) is 1.48. The van der Waals surface area contributed by atoms with Crippen molar-refractivity contribution in [2.45, 2.75) is 38.5 Å². The molecule has 1 fully saturated rings. The number of ether oxygens (including phenoxy) is 3. The van der Waals surface area contributed by atoms with Gasteiger partial charge in [-0.05, 0) is 30.0 Å². The number of carbonyl (C=O) groups excluding carboxylic acids is 2. The van der Waals surface area contributed by atoms with E-state index in [1.54, 1.807) is 12.1 Å². The van der Waals surface area contributed by atoms with E-state index in [2.05, 4.69) is 0 Å². The standard InChI is InChI=1S/C15H18O5.C6H14O3/c1-18-13-6-10(7-14(19-2)15(13)20-3)9-4-11(16)8-12(17)5-9;1-2-6(3-7,4-8)5-9/h6-7,9H,4-5,8H2,1-3H3;7-9H,2-5H2,1H3. The summed E-state index contributed by atoms with van der Waals surface area (Å²) in [6.45, 7) is 1.35. The second kappa shape index (κ2) is 11.7. The molecule has 1 aliphatic carbocycles. The molecule has 0 amide bonds. The van der Waals surface area contributed by atoms with Gasteiger partial charge in [-0.15, -0.1) is 0 Å². The highest BCUT2D eigenvalue weighted by Gasteiger charge is 2.28. The molecule has 1 saturated carbocycles. The summed E-state index contributed by atoms with van der Waals surface area (Å²) in [4.78, 5) is 23.2. The number of hydrogen-bond donors (Lipinski definition) is 3. The monoisotopic (exact) mass is 412 g/mol. The highest BCUT2D eigenvalue weighted by atomic mass is 16.5. The second-order valence-electron chi connectivity index (χ2n) is 7.15. The minimum absolute atomic E-state index is 0.0139. The first kappa shape index (κ1) is 24.9. The largest absolute Gasteiger partial charge is 0.493 e. The summed E-state index contributed by atoms with van der Waals surface area (Å²) < 4.78 is 15.8. The summed E-state index contributed by atoms with van der Waals surface area (Å²) in [5, 5.41) is 26.0. The van der Waals surface area contributed by atoms with Gasteiger partial charge in [0.25, 0.3) is 0 Å². The first-order valence-corrected chi connectivity index (χ1v) is 9.49. The molecule has 0 heterocycles. The number of carbonyl (C=O) groups is 2. The minimum Gasteiger partial charge on any atom is -0.493 e. The van der Waals surface area contributed by atoms with Crippen molar-refractivity contribution in [3.05, 3.63) is 17.7 Å². The fourth-order valence-corrected chi connectivity index (χ4v) is 3.04. The van der Waals surface area contributed by atoms with Gasteiger partial charge in [-0.1, -0.05) is 6.92 Å². The molecule has 2 rings (SSSR count). The Hall–Kier alpha value is -2.16. The quantitative estimate of drug-likeness (QED) is 0.549. The van der Waals surface area contributed by atoms with Crippen LogP contribution < -0.4 is 14.2 Å². The maximum atomic E-state index is 11.6. The van der Waals surface area contributed by atoms with Gasteiger partial charge >= 0.3 is 0 Å². The molecule has 0 bridgehead atoms. The SMILES string of the molecule is CCC(CO)(CO)CO.COc1cc(C2CC(=O)CC(=O)C2)cc(OC)c1OC. The van der Waals surface area contributed by atoms with Crippen LogP contribution in [0.15, 0.2) is 12.1 Å². The van der Waals surface area contributed by atoms with Gasteiger partial charge < -0.3 is 29.5 Å². The molecule has 3 N–H and O–H groups in total. The van der Waals surface area contributed by atoms with E-state index in [-0.39, 0.29) is 43.7 Å². The highest BCUT2D eigenvalue weighted by Crippen LogP contribution is 2.42. The number of aliphatic hydroxyl groups excluding tert-OH is 3. The lowest BCUT2D eigenvalue weighted by molar-refractivity contribution is -0.130. The average Bonchev–Trinajstić information content (AvgIpc) is 2.74. The van der Waals surface area contributed by atoms with Gasteiger partial charge in [-0.3, -0.25) is 9.59 Å². The number of hydrogen-bond acceptors (Lipinski definition) is 8. The fraction of sp³-hybridized carbons (Fsp3) is 0.619. The Balaban J connectivity index is 0.000000396. The molecule has 0 saturated heterocycles. The molecular formula is C21H32O8. The van der Waals surface area contributed by atoms with Gasteiger partial charge in [0.15, 0.2) is 11.5 Å². The first-order chi connectivity index (χ1) is 13.8. The normalized spacial score (nSPS) is 14.9. The number of methoxy groups -OCH3 is 3. The van der Waals surface area contributed by atoms with Crippen LogP contribution in [0.25, 0.3) is 0 Å². The third-order valence-corrected chi connectivity index (χ3v) is 5.26. The molecule has 1 aromatic carbocycles. The lowest BCUT2D eigenvalue weighted by Crippen LogP contribution is -2.32. The molecule has 1 aromatic rings. The van der Waals surface area contributed by atoms with Crippen LogP contribution in [0.2, 0.25) is 0 Å². The molecule has 8 heteroatoms. The minimum atomic E-state index is -0.667. The Morgan fingerprint density at radius 1 is 0.897 bits per heavy atom. The second-order valence-corrected chi connectivity index (χ2v) is 7.15. The zero-order chi connectivity index (χ0) is 22.0. The Bertz CT molecular complexity index is 623. The third-order valence-electron chi connectivity index (χ3n) is 5.26. The summed E-state index contributed by atoms with van der Waals surface area (Å²) in [7, 11) is 4.62. The summed E-state index contributed by atoms with van der Waals surface area (Å²) in [5.41, 5.74) is 0.195. The molecule has 8 nitrogen and oxygen atoms in total. The summed E-state index contributed by atoms with van der Waals surface area (Å²) in [6, 6.07) is 3.61. The van der Waals surface area contributed by atoms with Gasteiger partial charge in [-0.2, -0.15) is 0 Å². The van der Waals surface area contributed by atoms with Crippen LogP contribution >= 0.6 is 0 Å². The van der Waals surface area contributed by atoms with Crippen molar-refractivity contribution in [3.63, 3.8) is 0 Å². The summed E-state index contributed by atoms with van der Waals surface area (Å²) in [5.74, 6) is 1.43. The van der Waals surface area contributed by atoms with Crippen molar-refractivity contribution in [1.82, 2.24) is 0 Å². The van der Waals surface area contributed by atoms with E-state index in [9.17, 15) is 9.59 Å². The van der Waals surface area contributed by atoms with Gasteiger partial charge in [0.1, 0.15) is 11.6 Å². The van der Waals surface area contributed by atoms with Gasteiger partial charge in [-0.25, -0.2) is 0 Å². The third kappa shape index (κ3) is 6.42. The van der Waals surface area contributed by atoms with Crippen LogP contribution in [0.3, 0.4) is 0 Å². The predicted molar refractivity (Wildman–Crippen MR) is 107 cm³/mol. The number of ketones is 2. The fourth-order valence-electron chi connectivity index (χ4n) is 3.04. The van der Waals surface area contributed by atoms with Crippen LogP contribution in [0, 0.1) is 5.41 Å². The summed E-state index contributed by atoms with van der Waals surface area (Å²) >= 11 is 0. The number of aliphatic hydroxyl groups is 3. The van der Waals surface area contributed by atoms with Crippen LogP contribution in [0.1, 0.15) is 44.1 Å². The van der Waals surface area contributed by atoms with Gasteiger partial charge in [0.2, 0.25) is 5.75 Å². The van der Waals surface area contributed by atoms with Gasteiger partial charge in [0.05, 0.1) is 47.6 Å². The molecule has 0 radical (unpaired) electrons. The molecule has 0 spiro atoms. The zero-order valence-electron chi connectivity index (χ0n) is 17.6. The maximum Gasteiger partial charge on any atom is 0.203 e. The Morgan fingerprint density at radius 3 is 1.62 bits per heavy atom. The van der Waals surface area contributed by atoms with Crippen LogP contribution in [0.5, 0.6) is 17.2 Å². The number of rotatable bonds is 8. The van der Waals surface area contributed by atoms with Crippen molar-refractivity contribution in [3.8, 4) is 17.2 Å². The average molecular weight is 412 g/mol. The number of benzene rings is 1. The van der Waals surface area contributed by atoms with E-state index in [0.29, 0.717) is 36.5 Å². The Labute approximate surface area is 171 Å². The van der Waals surface area contributed by atoms with E-state index in [4.69, 9.17) is 29.5 Å². The first-order valence-electron chi connectivity index (χ1n) is 9.49. The zero-order valence-corrected chi connectivity index (χ0v) is 17.6. The molecule has 164 valence electrons. The smallest absolute Gasteiger partial charge is 0.203 e. The number of Topliss-reactive ketones (excluding diaryl/α,β-unsaturated/α-hetero) is 2. The molecule has 0 unspecified atom stereocenters. The lowest BCUT2D eigenvalue weighted by atomic mass is 9.82. The Morgan fingerprint density at radius 2 is 1.34 bits per heavy atom. The van der Waals surface area contributed by atoms with E-state index >= 15 is 0 Å². The molecule has 0 aromatic heterocycles. The molecule has 0 atom stereocenters. The Kier molecular flexibility index (Phi) is 10.1. The van der Waals surface area contributed by atoms with Crippen molar-refractivity contribution in [2.24, 2.45) is 5.41 Å². The highest BCUT2D eigenvalue weighted by molar-refractivity contribution is 6.02. The topological polar surface area (TPSA) is 123 Å². The van der Waals surface area contributed by atoms with Crippen molar-refractivity contribution < 1.29 is 39.1 Å². The van der Waals surface area contributed by atoms with Crippen molar-refractivity contribution in [1.29, 1.82) is 0 Å². The van der Waals surface area contributed by atoms with Crippen LogP contribution in [-0.4, -0.2) is 68.0 Å². The molecular weight excluding hydrogens is 380 g/mol. The van der Waals surface area contributed by atoms with E-state index in [1.807, 2.05) is 6.92 Å². The van der Waals surface area contributed by atoms with Crippen molar-refractivity contribution in [2.75, 3.05) is 41.2 Å². The van der Waals surface area contributed by atoms with E-state index < -0.39 is 5.41 Å². The van der Waals surface area contributed by atoms with E-state index in [1.165, 1.54) is 21.3 Å². The van der Waals surface area contributed by atoms with Crippen LogP contribution in [-0.2, 0) is 9.59 Å². The lowest BCUT2D eigenvalue weighted by Gasteiger charge is -2.24. The molecule has 1 aliphatic rings. The maximum absolute atomic E-state index is 11.6. The molecule has 29 heavy (non-hydrogen) atoms. The van der Waals surface area contributed by atoms with Crippen molar-refractivity contribution >= 4 is 11.6 Å². The van der Waals surface area contributed by atoms with E-state index in [0.717, 1.165) is 5.56 Å². The van der Waals surface area contributed by atoms with Gasteiger partial charge in [0, 0.05) is 18.3 Å². The molecule has 0 aliphatic heterocycles.